The molecule has 3 rings (SSSR count). The quantitative estimate of drug-likeness (QED) is 0.132. The predicted molar refractivity (Wildman–Crippen MR) is 150 cm³/mol. The second-order valence-electron chi connectivity index (χ2n) is 8.76. The molecule has 0 aliphatic heterocycles. The molecule has 37 heavy (non-hydrogen) atoms. The number of unbranched alkanes of at least 4 members (excludes halogenated alkanes) is 5. The Hall–Kier alpha value is -2.91. The SMILES string of the molecule is CCCCCCCCC(=Nc1ccccc1)C(CC)=Nc1ccccc1.CCc1cccc([O-])c1[O-].[Ni+2]. The zero-order chi connectivity index (χ0) is 26.0. The Kier molecular flexibility index (Phi) is 16.7. The second-order valence-corrected chi connectivity index (χ2v) is 8.76. The zero-order valence-corrected chi connectivity index (χ0v) is 23.4. The molecule has 0 aromatic heterocycles. The Labute approximate surface area is 233 Å². The van der Waals surface area contributed by atoms with Crippen LogP contribution < -0.4 is 10.2 Å². The fraction of sp³-hybridized carbons (Fsp3) is 0.375. The van der Waals surface area contributed by atoms with Crippen LogP contribution in [0.25, 0.3) is 0 Å². The van der Waals surface area contributed by atoms with Crippen molar-refractivity contribution in [1.82, 2.24) is 0 Å². The smallest absolute Gasteiger partial charge is 0.873 e. The molecule has 0 spiro atoms. The van der Waals surface area contributed by atoms with Gasteiger partial charge in [0, 0.05) is 0 Å². The predicted octanol–water partition coefficient (Wildman–Crippen LogP) is 8.09. The van der Waals surface area contributed by atoms with Gasteiger partial charge < -0.3 is 10.2 Å². The molecule has 0 unspecified atom stereocenters. The number of rotatable bonds is 12. The third-order valence-electron chi connectivity index (χ3n) is 5.92. The van der Waals surface area contributed by atoms with Crippen LogP contribution in [0.3, 0.4) is 0 Å². The van der Waals surface area contributed by atoms with E-state index >= 15 is 0 Å². The van der Waals surface area contributed by atoms with E-state index in [0.717, 1.165) is 35.6 Å². The summed E-state index contributed by atoms with van der Waals surface area (Å²) < 4.78 is 0. The summed E-state index contributed by atoms with van der Waals surface area (Å²) in [6.07, 6.45) is 10.3. The molecule has 4 nitrogen and oxygen atoms in total. The first-order chi connectivity index (χ1) is 17.6. The summed E-state index contributed by atoms with van der Waals surface area (Å²) in [6.45, 7) is 6.29. The van der Waals surface area contributed by atoms with Crippen LogP contribution in [0, 0.1) is 0 Å². The second kappa shape index (κ2) is 19.2. The van der Waals surface area contributed by atoms with Crippen molar-refractivity contribution in [2.24, 2.45) is 9.98 Å². The molecule has 0 saturated carbocycles. The molecule has 0 fully saturated rings. The van der Waals surface area contributed by atoms with Crippen LogP contribution in [-0.2, 0) is 22.9 Å². The number of hydrogen-bond donors (Lipinski definition) is 0. The first-order valence-electron chi connectivity index (χ1n) is 13.3. The van der Waals surface area contributed by atoms with E-state index in [4.69, 9.17) is 9.98 Å². The van der Waals surface area contributed by atoms with E-state index in [2.05, 4.69) is 38.1 Å². The maximum Gasteiger partial charge on any atom is 2.00 e. The molecule has 5 heteroatoms. The van der Waals surface area contributed by atoms with E-state index in [0.29, 0.717) is 12.0 Å². The summed E-state index contributed by atoms with van der Waals surface area (Å²) in [5, 5.41) is 21.6. The van der Waals surface area contributed by atoms with Gasteiger partial charge in [0.2, 0.25) is 0 Å². The molecule has 0 aliphatic carbocycles. The number of benzene rings is 3. The molecular weight excluding hydrogens is 503 g/mol. The van der Waals surface area contributed by atoms with E-state index in [9.17, 15) is 10.2 Å². The van der Waals surface area contributed by atoms with E-state index in [1.807, 2.05) is 43.3 Å². The van der Waals surface area contributed by atoms with Crippen molar-refractivity contribution in [3.05, 3.63) is 84.4 Å². The summed E-state index contributed by atoms with van der Waals surface area (Å²) in [4.78, 5) is 9.83. The largest absolute Gasteiger partial charge is 2.00 e. The summed E-state index contributed by atoms with van der Waals surface area (Å²) in [7, 11) is 0. The van der Waals surface area contributed by atoms with Gasteiger partial charge in [0.05, 0.1) is 22.8 Å². The first-order valence-corrected chi connectivity index (χ1v) is 13.3. The van der Waals surface area contributed by atoms with E-state index in [1.54, 1.807) is 12.1 Å². The maximum atomic E-state index is 10.9. The van der Waals surface area contributed by atoms with Crippen LogP contribution in [0.5, 0.6) is 11.5 Å². The van der Waals surface area contributed by atoms with Crippen LogP contribution >= 0.6 is 0 Å². The van der Waals surface area contributed by atoms with Gasteiger partial charge in [0.15, 0.2) is 0 Å². The molecule has 0 bridgehead atoms. The van der Waals surface area contributed by atoms with Crippen LogP contribution in [0.4, 0.5) is 11.4 Å². The number of nitrogens with zero attached hydrogens (tertiary/aromatic N) is 2. The first kappa shape index (κ1) is 32.1. The number of hydrogen-bond acceptors (Lipinski definition) is 4. The van der Waals surface area contributed by atoms with Gasteiger partial charge in [-0.25, -0.2) is 0 Å². The third kappa shape index (κ3) is 12.3. The maximum absolute atomic E-state index is 10.9. The van der Waals surface area contributed by atoms with Crippen molar-refractivity contribution in [2.75, 3.05) is 0 Å². The van der Waals surface area contributed by atoms with Gasteiger partial charge in [-0.05, 0) is 49.9 Å². The number of aryl methyl sites for hydroxylation is 1. The topological polar surface area (TPSA) is 70.8 Å². The van der Waals surface area contributed by atoms with Gasteiger partial charge >= 0.3 is 16.5 Å². The summed E-state index contributed by atoms with van der Waals surface area (Å²) in [5.41, 5.74) is 4.87. The van der Waals surface area contributed by atoms with Gasteiger partial charge in [-0.2, -0.15) is 0 Å². The molecule has 3 aromatic carbocycles. The molecule has 3 aromatic rings. The fourth-order valence-electron chi connectivity index (χ4n) is 3.84. The molecule has 0 aliphatic rings. The Balaban J connectivity index is 0.000000523. The summed E-state index contributed by atoms with van der Waals surface area (Å²) in [5.74, 6) is -0.760. The zero-order valence-electron chi connectivity index (χ0n) is 22.4. The molecule has 0 amide bonds. The normalized spacial score (nSPS) is 11.3. The van der Waals surface area contributed by atoms with Crippen LogP contribution in [0.2, 0.25) is 0 Å². The average Bonchev–Trinajstić information content (AvgIpc) is 2.92. The molecule has 0 saturated heterocycles. The Morgan fingerprint density at radius 3 is 1.68 bits per heavy atom. The van der Waals surface area contributed by atoms with Gasteiger partial charge in [0.1, 0.15) is 0 Å². The van der Waals surface area contributed by atoms with Gasteiger partial charge in [-0.15, -0.1) is 11.5 Å². The van der Waals surface area contributed by atoms with Crippen molar-refractivity contribution in [3.63, 3.8) is 0 Å². The van der Waals surface area contributed by atoms with Crippen molar-refractivity contribution in [2.45, 2.75) is 78.6 Å². The Morgan fingerprint density at radius 2 is 1.16 bits per heavy atom. The fourth-order valence-corrected chi connectivity index (χ4v) is 3.84. The van der Waals surface area contributed by atoms with Crippen molar-refractivity contribution < 1.29 is 26.7 Å². The summed E-state index contributed by atoms with van der Waals surface area (Å²) >= 11 is 0. The minimum atomic E-state index is -0.403. The van der Waals surface area contributed by atoms with Crippen molar-refractivity contribution in [1.29, 1.82) is 0 Å². The monoisotopic (exact) mass is 542 g/mol. The van der Waals surface area contributed by atoms with Gasteiger partial charge in [0.25, 0.3) is 0 Å². The summed E-state index contributed by atoms with van der Waals surface area (Å²) in [6, 6.07) is 25.1. The minimum Gasteiger partial charge on any atom is -0.873 e. The number of para-hydroxylation sites is 3. The third-order valence-corrected chi connectivity index (χ3v) is 5.92. The van der Waals surface area contributed by atoms with E-state index in [-0.39, 0.29) is 22.2 Å². The average molecular weight is 543 g/mol. The molecule has 0 radical (unpaired) electrons. The van der Waals surface area contributed by atoms with Crippen molar-refractivity contribution >= 4 is 22.8 Å². The van der Waals surface area contributed by atoms with E-state index in [1.165, 1.54) is 44.6 Å². The van der Waals surface area contributed by atoms with E-state index < -0.39 is 5.75 Å². The standard InChI is InChI=1S/C24H32N2.C8H10O2.Ni/c1-3-5-6-7-8-15-20-24(26-22-18-13-10-14-19-22)23(4-2)25-21-16-11-9-12-17-21;1-2-6-4-3-5-7(9)8(6)10;/h9-14,16-19H,3-8,15,20H2,1-2H3;3-5,9-10H,2H2,1H3;/q;;+2/p-2. The molecule has 0 N–H and O–H groups in total. The number of aliphatic imine (C=N–C) groups is 2. The molecule has 0 atom stereocenters. The van der Waals surface area contributed by atoms with Gasteiger partial charge in [-0.1, -0.05) is 113 Å². The Morgan fingerprint density at radius 1 is 0.622 bits per heavy atom. The van der Waals surface area contributed by atoms with Crippen LogP contribution in [-0.4, -0.2) is 11.4 Å². The van der Waals surface area contributed by atoms with Gasteiger partial charge in [-0.3, -0.25) is 9.98 Å². The molecule has 0 heterocycles. The minimum absolute atomic E-state index is 0. The van der Waals surface area contributed by atoms with Crippen LogP contribution in [0.1, 0.15) is 77.7 Å². The van der Waals surface area contributed by atoms with Crippen LogP contribution in [0.15, 0.2) is 88.8 Å². The Bertz CT molecular complexity index is 1070. The van der Waals surface area contributed by atoms with Crippen molar-refractivity contribution in [3.8, 4) is 11.5 Å². The molecular formula is C32H40N2NiO2. The molecule has 200 valence electrons.